The SMILES string of the molecule is CCCC1CC(C)CCN1C(=O)C(C)C. The number of amides is 1. The fraction of sp³-hybridized carbons (Fsp3) is 0.923. The smallest absolute Gasteiger partial charge is 0.225 e. The van der Waals surface area contributed by atoms with Crippen LogP contribution in [-0.4, -0.2) is 23.4 Å². The lowest BCUT2D eigenvalue weighted by Gasteiger charge is -2.39. The first kappa shape index (κ1) is 12.5. The lowest BCUT2D eigenvalue weighted by atomic mass is 9.89. The topological polar surface area (TPSA) is 20.3 Å². The molecule has 0 bridgehead atoms. The van der Waals surface area contributed by atoms with Crippen LogP contribution >= 0.6 is 0 Å². The first-order valence-electron chi connectivity index (χ1n) is 6.36. The third-order valence-electron chi connectivity index (χ3n) is 3.38. The molecule has 0 aromatic carbocycles. The summed E-state index contributed by atoms with van der Waals surface area (Å²) >= 11 is 0. The second kappa shape index (κ2) is 5.53. The molecule has 0 aromatic heterocycles. The summed E-state index contributed by atoms with van der Waals surface area (Å²) in [6.45, 7) is 9.49. The molecule has 1 rings (SSSR count). The van der Waals surface area contributed by atoms with Crippen LogP contribution in [0.2, 0.25) is 0 Å². The molecular formula is C13H25NO. The Morgan fingerprint density at radius 1 is 1.47 bits per heavy atom. The third-order valence-corrected chi connectivity index (χ3v) is 3.38. The number of carbonyl (C=O) groups is 1. The lowest BCUT2D eigenvalue weighted by Crippen LogP contribution is -2.47. The van der Waals surface area contributed by atoms with Gasteiger partial charge in [0, 0.05) is 18.5 Å². The zero-order valence-electron chi connectivity index (χ0n) is 10.6. The average Bonchev–Trinajstić information content (AvgIpc) is 2.17. The van der Waals surface area contributed by atoms with Crippen molar-refractivity contribution in [2.24, 2.45) is 11.8 Å². The van der Waals surface area contributed by atoms with Gasteiger partial charge in [-0.05, 0) is 25.2 Å². The number of piperidine rings is 1. The fourth-order valence-electron chi connectivity index (χ4n) is 2.48. The molecule has 1 aliphatic heterocycles. The van der Waals surface area contributed by atoms with Crippen molar-refractivity contribution in [1.29, 1.82) is 0 Å². The van der Waals surface area contributed by atoms with Gasteiger partial charge in [-0.3, -0.25) is 4.79 Å². The quantitative estimate of drug-likeness (QED) is 0.702. The molecule has 1 amide bonds. The molecule has 2 heteroatoms. The van der Waals surface area contributed by atoms with Crippen molar-refractivity contribution < 1.29 is 4.79 Å². The van der Waals surface area contributed by atoms with Gasteiger partial charge >= 0.3 is 0 Å². The first-order chi connectivity index (χ1) is 7.06. The number of rotatable bonds is 3. The molecule has 88 valence electrons. The lowest BCUT2D eigenvalue weighted by molar-refractivity contribution is -0.139. The molecule has 0 aliphatic carbocycles. The van der Waals surface area contributed by atoms with Gasteiger partial charge in [0.1, 0.15) is 0 Å². The molecule has 0 radical (unpaired) electrons. The van der Waals surface area contributed by atoms with Crippen LogP contribution in [0.4, 0.5) is 0 Å². The maximum Gasteiger partial charge on any atom is 0.225 e. The van der Waals surface area contributed by atoms with Gasteiger partial charge in [0.25, 0.3) is 0 Å². The Balaban J connectivity index is 2.63. The van der Waals surface area contributed by atoms with Crippen LogP contribution < -0.4 is 0 Å². The van der Waals surface area contributed by atoms with Crippen LogP contribution in [0.25, 0.3) is 0 Å². The summed E-state index contributed by atoms with van der Waals surface area (Å²) in [5, 5.41) is 0. The van der Waals surface area contributed by atoms with Crippen LogP contribution in [0.1, 0.15) is 53.4 Å². The Kier molecular flexibility index (Phi) is 4.62. The van der Waals surface area contributed by atoms with E-state index < -0.39 is 0 Å². The van der Waals surface area contributed by atoms with Gasteiger partial charge in [0.15, 0.2) is 0 Å². The van der Waals surface area contributed by atoms with E-state index in [-0.39, 0.29) is 5.92 Å². The highest BCUT2D eigenvalue weighted by Crippen LogP contribution is 2.26. The van der Waals surface area contributed by atoms with Crippen LogP contribution in [-0.2, 0) is 4.79 Å². The highest BCUT2D eigenvalue weighted by atomic mass is 16.2. The minimum Gasteiger partial charge on any atom is -0.339 e. The monoisotopic (exact) mass is 211 g/mol. The van der Waals surface area contributed by atoms with Crippen molar-refractivity contribution in [3.05, 3.63) is 0 Å². The predicted octanol–water partition coefficient (Wildman–Crippen LogP) is 3.07. The molecule has 0 saturated carbocycles. The predicted molar refractivity (Wildman–Crippen MR) is 63.6 cm³/mol. The zero-order valence-corrected chi connectivity index (χ0v) is 10.6. The Morgan fingerprint density at radius 3 is 2.67 bits per heavy atom. The summed E-state index contributed by atoms with van der Waals surface area (Å²) in [6, 6.07) is 0.508. The standard InChI is InChI=1S/C13H25NO/c1-5-6-12-9-11(4)7-8-14(12)13(15)10(2)3/h10-12H,5-9H2,1-4H3. The Hall–Kier alpha value is -0.530. The van der Waals surface area contributed by atoms with Gasteiger partial charge in [-0.2, -0.15) is 0 Å². The molecule has 0 aromatic rings. The van der Waals surface area contributed by atoms with Crippen LogP contribution in [0.5, 0.6) is 0 Å². The van der Waals surface area contributed by atoms with Gasteiger partial charge in [0.05, 0.1) is 0 Å². The van der Waals surface area contributed by atoms with Gasteiger partial charge in [-0.25, -0.2) is 0 Å². The van der Waals surface area contributed by atoms with Crippen molar-refractivity contribution in [2.75, 3.05) is 6.54 Å². The third kappa shape index (κ3) is 3.22. The minimum atomic E-state index is 0.151. The van der Waals surface area contributed by atoms with E-state index in [0.717, 1.165) is 12.5 Å². The Labute approximate surface area is 94.0 Å². The van der Waals surface area contributed by atoms with Gasteiger partial charge < -0.3 is 4.90 Å². The van der Waals surface area contributed by atoms with Crippen molar-refractivity contribution in [1.82, 2.24) is 4.90 Å². The maximum absolute atomic E-state index is 12.0. The summed E-state index contributed by atoms with van der Waals surface area (Å²) in [4.78, 5) is 14.1. The largest absolute Gasteiger partial charge is 0.339 e. The van der Waals surface area contributed by atoms with E-state index >= 15 is 0 Å². The number of likely N-dealkylation sites (tertiary alicyclic amines) is 1. The summed E-state index contributed by atoms with van der Waals surface area (Å²) in [5.41, 5.74) is 0. The van der Waals surface area contributed by atoms with Gasteiger partial charge in [-0.15, -0.1) is 0 Å². The molecule has 2 nitrogen and oxygen atoms in total. The number of hydrogen-bond donors (Lipinski definition) is 0. The number of hydrogen-bond acceptors (Lipinski definition) is 1. The zero-order chi connectivity index (χ0) is 11.4. The van der Waals surface area contributed by atoms with Crippen LogP contribution in [0.15, 0.2) is 0 Å². The molecule has 1 heterocycles. The Morgan fingerprint density at radius 2 is 2.13 bits per heavy atom. The van der Waals surface area contributed by atoms with Crippen molar-refractivity contribution in [3.8, 4) is 0 Å². The van der Waals surface area contributed by atoms with E-state index in [1.54, 1.807) is 0 Å². The van der Waals surface area contributed by atoms with E-state index in [9.17, 15) is 4.79 Å². The highest BCUT2D eigenvalue weighted by molar-refractivity contribution is 5.78. The molecule has 1 fully saturated rings. The molecule has 0 spiro atoms. The minimum absolute atomic E-state index is 0.151. The maximum atomic E-state index is 12.0. The molecule has 15 heavy (non-hydrogen) atoms. The van der Waals surface area contributed by atoms with Crippen LogP contribution in [0, 0.1) is 11.8 Å². The van der Waals surface area contributed by atoms with E-state index in [1.807, 2.05) is 13.8 Å². The molecule has 0 N–H and O–H groups in total. The fourth-order valence-corrected chi connectivity index (χ4v) is 2.48. The molecule has 1 aliphatic rings. The number of nitrogens with zero attached hydrogens (tertiary/aromatic N) is 1. The van der Waals surface area contributed by atoms with Crippen molar-refractivity contribution in [3.63, 3.8) is 0 Å². The van der Waals surface area contributed by atoms with Crippen molar-refractivity contribution in [2.45, 2.75) is 59.4 Å². The second-order valence-electron chi connectivity index (χ2n) is 5.26. The summed E-state index contributed by atoms with van der Waals surface area (Å²) in [5.74, 6) is 1.29. The summed E-state index contributed by atoms with van der Waals surface area (Å²) < 4.78 is 0. The highest BCUT2D eigenvalue weighted by Gasteiger charge is 2.29. The molecule has 1 saturated heterocycles. The van der Waals surface area contributed by atoms with E-state index in [4.69, 9.17) is 0 Å². The average molecular weight is 211 g/mol. The molecular weight excluding hydrogens is 186 g/mol. The van der Waals surface area contributed by atoms with E-state index in [2.05, 4.69) is 18.7 Å². The van der Waals surface area contributed by atoms with E-state index in [0.29, 0.717) is 11.9 Å². The van der Waals surface area contributed by atoms with Crippen molar-refractivity contribution >= 4 is 5.91 Å². The van der Waals surface area contributed by atoms with Crippen LogP contribution in [0.3, 0.4) is 0 Å². The second-order valence-corrected chi connectivity index (χ2v) is 5.26. The van der Waals surface area contributed by atoms with Gasteiger partial charge in [-0.1, -0.05) is 34.1 Å². The molecule has 2 unspecified atom stereocenters. The Bertz CT molecular complexity index is 213. The van der Waals surface area contributed by atoms with Gasteiger partial charge in [0.2, 0.25) is 5.91 Å². The van der Waals surface area contributed by atoms with E-state index in [1.165, 1.54) is 25.7 Å². The number of carbonyl (C=O) groups excluding carboxylic acids is 1. The molecule has 2 atom stereocenters. The summed E-state index contributed by atoms with van der Waals surface area (Å²) in [6.07, 6.45) is 4.73. The summed E-state index contributed by atoms with van der Waals surface area (Å²) in [7, 11) is 0. The normalized spacial score (nSPS) is 27.1. The first-order valence-corrected chi connectivity index (χ1v) is 6.36.